The lowest BCUT2D eigenvalue weighted by atomic mass is 10.0. The number of nitriles is 1. The van der Waals surface area contributed by atoms with Gasteiger partial charge in [0.25, 0.3) is 5.69 Å². The molecule has 0 saturated carbocycles. The minimum Gasteiger partial charge on any atom is -0.325 e. The summed E-state index contributed by atoms with van der Waals surface area (Å²) in [6.07, 6.45) is 2.26. The molecule has 7 nitrogen and oxygen atoms in total. The average Bonchev–Trinajstić information content (AvgIpc) is 2.98. The number of carbonyl (C=O) groups is 1. The fraction of sp³-hybridized carbons (Fsp3) is 0.429. The highest BCUT2D eigenvalue weighted by atomic mass is 16.6. The molecule has 110 valence electrons. The molecular weight excluding hydrogens is 272 g/mol. The molecule has 0 radical (unpaired) electrons. The highest BCUT2D eigenvalue weighted by molar-refractivity contribution is 5.92. The molecule has 1 unspecified atom stereocenters. The molecule has 1 fully saturated rings. The second-order valence-electron chi connectivity index (χ2n) is 5.04. The lowest BCUT2D eigenvalue weighted by Gasteiger charge is -2.09. The minimum absolute atomic E-state index is 0.0973. The molecule has 0 bridgehead atoms. The molecular formula is C14H16N4O3. The summed E-state index contributed by atoms with van der Waals surface area (Å²) in [5, 5.41) is 25.6. The molecule has 1 aromatic rings. The van der Waals surface area contributed by atoms with Gasteiger partial charge in [0.05, 0.1) is 16.2 Å². The van der Waals surface area contributed by atoms with Crippen LogP contribution in [0.15, 0.2) is 18.2 Å². The van der Waals surface area contributed by atoms with Crippen molar-refractivity contribution in [1.82, 2.24) is 5.32 Å². The Morgan fingerprint density at radius 3 is 3.00 bits per heavy atom. The highest BCUT2D eigenvalue weighted by Gasteiger charge is 2.17. The van der Waals surface area contributed by atoms with Gasteiger partial charge in [0.15, 0.2) is 0 Å². The molecule has 0 aliphatic carbocycles. The number of rotatable bonds is 5. The number of nitrogens with zero attached hydrogens (tertiary/aromatic N) is 2. The summed E-state index contributed by atoms with van der Waals surface area (Å²) in [6.45, 7) is 1.93. The van der Waals surface area contributed by atoms with Gasteiger partial charge in [-0.15, -0.1) is 0 Å². The Bertz CT molecular complexity index is 588. The topological polar surface area (TPSA) is 108 Å². The smallest absolute Gasteiger partial charge is 0.270 e. The summed E-state index contributed by atoms with van der Waals surface area (Å²) < 4.78 is 0. The van der Waals surface area contributed by atoms with Gasteiger partial charge in [-0.2, -0.15) is 5.26 Å². The van der Waals surface area contributed by atoms with E-state index < -0.39 is 4.92 Å². The standard InChI is InChI=1S/C14H16N4O3/c15-8-11-7-12(18(20)21)2-3-13(11)17-14(19)4-1-10-5-6-16-9-10/h2-3,7,10,16H,1,4-6,9H2,(H,17,19). The molecule has 1 saturated heterocycles. The van der Waals surface area contributed by atoms with Gasteiger partial charge < -0.3 is 10.6 Å². The third kappa shape index (κ3) is 4.00. The predicted molar refractivity (Wildman–Crippen MR) is 76.7 cm³/mol. The Morgan fingerprint density at radius 1 is 1.57 bits per heavy atom. The molecule has 1 aliphatic heterocycles. The Labute approximate surface area is 122 Å². The van der Waals surface area contributed by atoms with E-state index in [1.54, 1.807) is 0 Å². The molecule has 21 heavy (non-hydrogen) atoms. The van der Waals surface area contributed by atoms with Crippen molar-refractivity contribution < 1.29 is 9.72 Å². The van der Waals surface area contributed by atoms with Crippen LogP contribution in [0, 0.1) is 27.4 Å². The van der Waals surface area contributed by atoms with E-state index >= 15 is 0 Å². The van der Waals surface area contributed by atoms with Crippen LogP contribution in [-0.2, 0) is 4.79 Å². The van der Waals surface area contributed by atoms with Crippen LogP contribution in [0.4, 0.5) is 11.4 Å². The number of hydrogen-bond donors (Lipinski definition) is 2. The number of carbonyl (C=O) groups excluding carboxylic acids is 1. The van der Waals surface area contributed by atoms with Crippen molar-refractivity contribution in [2.45, 2.75) is 19.3 Å². The number of nitrogens with one attached hydrogen (secondary N) is 2. The SMILES string of the molecule is N#Cc1cc([N+](=O)[O-])ccc1NC(=O)CCC1CCNC1. The molecule has 1 heterocycles. The molecule has 1 atom stereocenters. The van der Waals surface area contributed by atoms with Crippen LogP contribution in [-0.4, -0.2) is 23.9 Å². The molecule has 1 aliphatic rings. The van der Waals surface area contributed by atoms with E-state index in [2.05, 4.69) is 10.6 Å². The number of anilines is 1. The van der Waals surface area contributed by atoms with Crippen LogP contribution in [0.2, 0.25) is 0 Å². The second-order valence-corrected chi connectivity index (χ2v) is 5.04. The first-order chi connectivity index (χ1) is 10.1. The van der Waals surface area contributed by atoms with Crippen LogP contribution >= 0.6 is 0 Å². The normalized spacial score (nSPS) is 17.2. The van der Waals surface area contributed by atoms with E-state index in [1.165, 1.54) is 12.1 Å². The molecule has 1 aromatic carbocycles. The molecule has 7 heteroatoms. The van der Waals surface area contributed by atoms with Gasteiger partial charge in [0.2, 0.25) is 5.91 Å². The van der Waals surface area contributed by atoms with E-state index in [0.717, 1.165) is 32.0 Å². The molecule has 2 N–H and O–H groups in total. The van der Waals surface area contributed by atoms with Crippen molar-refractivity contribution >= 4 is 17.3 Å². The maximum Gasteiger partial charge on any atom is 0.270 e. The molecule has 1 amide bonds. The maximum absolute atomic E-state index is 11.9. The summed E-state index contributed by atoms with van der Waals surface area (Å²) in [5.74, 6) is 0.343. The number of hydrogen-bond acceptors (Lipinski definition) is 5. The summed E-state index contributed by atoms with van der Waals surface area (Å²) in [7, 11) is 0. The number of nitro groups is 1. The zero-order valence-corrected chi connectivity index (χ0v) is 11.5. The van der Waals surface area contributed by atoms with Gasteiger partial charge in [-0.3, -0.25) is 14.9 Å². The van der Waals surface area contributed by atoms with Crippen molar-refractivity contribution in [3.8, 4) is 6.07 Å². The molecule has 0 aromatic heterocycles. The van der Waals surface area contributed by atoms with Gasteiger partial charge in [-0.05, 0) is 37.9 Å². The van der Waals surface area contributed by atoms with Crippen molar-refractivity contribution in [3.05, 3.63) is 33.9 Å². The largest absolute Gasteiger partial charge is 0.325 e. The lowest BCUT2D eigenvalue weighted by Crippen LogP contribution is -2.15. The van der Waals surface area contributed by atoms with E-state index in [-0.39, 0.29) is 17.2 Å². The average molecular weight is 288 g/mol. The van der Waals surface area contributed by atoms with Gasteiger partial charge in [0.1, 0.15) is 6.07 Å². The summed E-state index contributed by atoms with van der Waals surface area (Å²) >= 11 is 0. The number of non-ortho nitro benzene ring substituents is 1. The number of benzene rings is 1. The number of nitro benzene ring substituents is 1. The first-order valence-electron chi connectivity index (χ1n) is 6.79. The van der Waals surface area contributed by atoms with E-state index in [9.17, 15) is 14.9 Å². The second kappa shape index (κ2) is 6.81. The van der Waals surface area contributed by atoms with Gasteiger partial charge >= 0.3 is 0 Å². The van der Waals surface area contributed by atoms with Crippen LogP contribution < -0.4 is 10.6 Å². The summed E-state index contributed by atoms with van der Waals surface area (Å²) in [6, 6.07) is 5.70. The van der Waals surface area contributed by atoms with Crippen LogP contribution in [0.25, 0.3) is 0 Å². The quantitative estimate of drug-likeness (QED) is 0.634. The zero-order valence-electron chi connectivity index (χ0n) is 11.5. The van der Waals surface area contributed by atoms with Crippen molar-refractivity contribution in [2.75, 3.05) is 18.4 Å². The Hall–Kier alpha value is -2.46. The van der Waals surface area contributed by atoms with Gasteiger partial charge in [-0.25, -0.2) is 0 Å². The molecule has 2 rings (SSSR count). The zero-order chi connectivity index (χ0) is 15.2. The first kappa shape index (κ1) is 14.9. The lowest BCUT2D eigenvalue weighted by molar-refractivity contribution is -0.384. The Balaban J connectivity index is 1.96. The maximum atomic E-state index is 11.9. The third-order valence-corrected chi connectivity index (χ3v) is 3.55. The monoisotopic (exact) mass is 288 g/mol. The van der Waals surface area contributed by atoms with Crippen LogP contribution in [0.1, 0.15) is 24.8 Å². The fourth-order valence-electron chi connectivity index (χ4n) is 2.36. The third-order valence-electron chi connectivity index (χ3n) is 3.55. The van der Waals surface area contributed by atoms with E-state index in [1.807, 2.05) is 6.07 Å². The van der Waals surface area contributed by atoms with Crippen molar-refractivity contribution in [3.63, 3.8) is 0 Å². The van der Waals surface area contributed by atoms with Crippen LogP contribution in [0.5, 0.6) is 0 Å². The fourth-order valence-corrected chi connectivity index (χ4v) is 2.36. The molecule has 0 spiro atoms. The first-order valence-corrected chi connectivity index (χ1v) is 6.79. The summed E-state index contributed by atoms with van der Waals surface area (Å²) in [5.41, 5.74) is 0.249. The minimum atomic E-state index is -0.570. The van der Waals surface area contributed by atoms with E-state index in [4.69, 9.17) is 5.26 Å². The van der Waals surface area contributed by atoms with Gasteiger partial charge in [0, 0.05) is 18.6 Å². The predicted octanol–water partition coefficient (Wildman–Crippen LogP) is 1.79. The summed E-state index contributed by atoms with van der Waals surface area (Å²) in [4.78, 5) is 22.0. The Kier molecular flexibility index (Phi) is 4.85. The Morgan fingerprint density at radius 2 is 2.38 bits per heavy atom. The highest BCUT2D eigenvalue weighted by Crippen LogP contribution is 2.22. The van der Waals surface area contributed by atoms with E-state index in [0.29, 0.717) is 18.0 Å². The van der Waals surface area contributed by atoms with Crippen LogP contribution in [0.3, 0.4) is 0 Å². The van der Waals surface area contributed by atoms with Gasteiger partial charge in [-0.1, -0.05) is 0 Å². The number of amides is 1. The van der Waals surface area contributed by atoms with Crippen molar-refractivity contribution in [2.24, 2.45) is 5.92 Å². The van der Waals surface area contributed by atoms with Crippen molar-refractivity contribution in [1.29, 1.82) is 5.26 Å².